The second-order valence-corrected chi connectivity index (χ2v) is 9.40. The molecule has 2 aromatic carbocycles. The Morgan fingerprint density at radius 3 is 2.23 bits per heavy atom. The predicted molar refractivity (Wildman–Crippen MR) is 139 cm³/mol. The number of amides is 1. The van der Waals surface area contributed by atoms with E-state index in [0.717, 1.165) is 36.8 Å². The number of aliphatic hydroxyl groups is 1. The molecule has 1 saturated carbocycles. The van der Waals surface area contributed by atoms with Gasteiger partial charge in [0.15, 0.2) is 6.10 Å². The van der Waals surface area contributed by atoms with Crippen LogP contribution in [0.3, 0.4) is 0 Å². The molecule has 1 aliphatic rings. The van der Waals surface area contributed by atoms with Crippen molar-refractivity contribution in [3.63, 3.8) is 0 Å². The number of hydrogen-bond donors (Lipinski definition) is 4. The molecule has 0 bridgehead atoms. The van der Waals surface area contributed by atoms with Crippen molar-refractivity contribution in [2.75, 3.05) is 6.54 Å². The summed E-state index contributed by atoms with van der Waals surface area (Å²) < 4.78 is 41.8. The highest BCUT2D eigenvalue weighted by Gasteiger charge is 2.31. The maximum absolute atomic E-state index is 12.6. The average Bonchev–Trinajstić information content (AvgIpc) is 2.90. The summed E-state index contributed by atoms with van der Waals surface area (Å²) in [5.41, 5.74) is 3.05. The van der Waals surface area contributed by atoms with Gasteiger partial charge < -0.3 is 25.3 Å². The summed E-state index contributed by atoms with van der Waals surface area (Å²) in [6.45, 7) is 4.02. The number of nitrogens with zero attached hydrogens (tertiary/aromatic N) is 1. The first-order chi connectivity index (χ1) is 18.4. The lowest BCUT2D eigenvalue weighted by Crippen LogP contribution is -2.36. The molecule has 0 aromatic heterocycles. The Morgan fingerprint density at radius 2 is 1.67 bits per heavy atom. The zero-order valence-corrected chi connectivity index (χ0v) is 21.3. The van der Waals surface area contributed by atoms with Crippen LogP contribution in [0.25, 0.3) is 5.70 Å². The number of allylic oxidation sites excluding steroid dienone is 2. The third kappa shape index (κ3) is 9.15. The highest BCUT2D eigenvalue weighted by atomic mass is 19.4. The van der Waals surface area contributed by atoms with Crippen LogP contribution in [0.4, 0.5) is 13.2 Å². The van der Waals surface area contributed by atoms with E-state index < -0.39 is 30.9 Å². The lowest BCUT2D eigenvalue weighted by molar-refractivity contribution is -0.274. The molecule has 5 N–H and O–H groups in total. The minimum absolute atomic E-state index is 0.213. The van der Waals surface area contributed by atoms with Crippen LogP contribution in [0.1, 0.15) is 53.6 Å². The quantitative estimate of drug-likeness (QED) is 0.184. The number of ether oxygens (including phenoxy) is 1. The van der Waals surface area contributed by atoms with Crippen molar-refractivity contribution in [3.8, 4) is 5.75 Å². The summed E-state index contributed by atoms with van der Waals surface area (Å²) in [5, 5.41) is 21.9. The van der Waals surface area contributed by atoms with E-state index in [1.807, 2.05) is 6.08 Å². The van der Waals surface area contributed by atoms with Crippen molar-refractivity contribution in [2.45, 2.75) is 51.1 Å². The van der Waals surface area contributed by atoms with Crippen molar-refractivity contribution in [1.29, 1.82) is 0 Å². The number of nitrogens with two attached hydrogens (primary N) is 1. The lowest BCUT2D eigenvalue weighted by atomic mass is 9.84. The Balaban J connectivity index is 1.77. The van der Waals surface area contributed by atoms with Crippen LogP contribution in [0.5, 0.6) is 5.75 Å². The molecule has 0 saturated heterocycles. The second kappa shape index (κ2) is 13.3. The number of benzene rings is 2. The summed E-state index contributed by atoms with van der Waals surface area (Å²) in [5.74, 6) is 4.43. The third-order valence-corrected chi connectivity index (χ3v) is 6.45. The Hall–Kier alpha value is -3.83. The third-order valence-electron chi connectivity index (χ3n) is 6.45. The topological polar surface area (TPSA) is 125 Å². The number of aliphatic carboxylic acids is 1. The van der Waals surface area contributed by atoms with E-state index in [0.29, 0.717) is 17.2 Å². The molecule has 1 atom stereocenters. The number of carboxylic acids is 1. The van der Waals surface area contributed by atoms with Crippen molar-refractivity contribution in [3.05, 3.63) is 83.4 Å². The summed E-state index contributed by atoms with van der Waals surface area (Å²) in [6, 6.07) is 11.9. The van der Waals surface area contributed by atoms with Crippen LogP contribution in [0.2, 0.25) is 0 Å². The minimum atomic E-state index is -4.80. The number of alkyl halides is 3. The predicted octanol–water partition coefficient (Wildman–Crippen LogP) is 4.61. The first-order valence-electron chi connectivity index (χ1n) is 12.5. The molecular formula is C28H32F3N3O5. The Labute approximate surface area is 224 Å². The fraction of sp³-hybridized carbons (Fsp3) is 0.357. The molecule has 0 radical (unpaired) electrons. The summed E-state index contributed by atoms with van der Waals surface area (Å²) in [7, 11) is 0. The number of carbonyl (C=O) groups is 2. The van der Waals surface area contributed by atoms with E-state index in [9.17, 15) is 27.9 Å². The van der Waals surface area contributed by atoms with Gasteiger partial charge in [-0.2, -0.15) is 0 Å². The summed E-state index contributed by atoms with van der Waals surface area (Å²) in [4.78, 5) is 22.9. The van der Waals surface area contributed by atoms with Crippen molar-refractivity contribution < 1.29 is 37.7 Å². The standard InChI is InChI=1S/C28H32F3N3O5/c1-18(20-5-3-2-4-6-20)15-24(21-11-13-23(14-12-21)39-28(29,30)31)34(32)17-19-7-9-22(10-8-19)26(36)33-16-25(35)27(37)38/h7-15,20,25,35H,1-6,16-17,32H2,(H,33,36)(H,37,38)/b24-15-. The Morgan fingerprint density at radius 1 is 1.08 bits per heavy atom. The van der Waals surface area contributed by atoms with E-state index in [-0.39, 0.29) is 17.9 Å². The SMILES string of the molecule is C=C(/C=C(/c1ccc(OC(F)(F)F)cc1)N(N)Cc1ccc(C(=O)NCC(O)C(=O)O)cc1)C1CCCCC1. The van der Waals surface area contributed by atoms with Gasteiger partial charge in [0.1, 0.15) is 5.75 Å². The number of aliphatic hydroxyl groups excluding tert-OH is 1. The van der Waals surface area contributed by atoms with Crippen LogP contribution in [0.15, 0.2) is 66.8 Å². The fourth-order valence-electron chi connectivity index (χ4n) is 4.35. The Bertz CT molecular complexity index is 1170. The number of carbonyl (C=O) groups excluding carboxylic acids is 1. The molecule has 0 spiro atoms. The smallest absolute Gasteiger partial charge is 0.479 e. The molecule has 1 fully saturated rings. The van der Waals surface area contributed by atoms with Gasteiger partial charge >= 0.3 is 12.3 Å². The first-order valence-corrected chi connectivity index (χ1v) is 12.5. The molecular weight excluding hydrogens is 515 g/mol. The first kappa shape index (κ1) is 29.7. The van der Waals surface area contributed by atoms with E-state index in [4.69, 9.17) is 10.9 Å². The molecule has 3 rings (SSSR count). The summed E-state index contributed by atoms with van der Waals surface area (Å²) in [6.07, 6.45) is 0.784. The van der Waals surface area contributed by atoms with Gasteiger partial charge in [0.2, 0.25) is 0 Å². The van der Waals surface area contributed by atoms with Gasteiger partial charge in [-0.15, -0.1) is 13.2 Å². The molecule has 8 nitrogen and oxygen atoms in total. The molecule has 1 unspecified atom stereocenters. The normalized spacial score (nSPS) is 15.4. The van der Waals surface area contributed by atoms with Crippen LogP contribution in [0, 0.1) is 5.92 Å². The van der Waals surface area contributed by atoms with Crippen molar-refractivity contribution in [1.82, 2.24) is 10.3 Å². The van der Waals surface area contributed by atoms with Crippen LogP contribution < -0.4 is 15.9 Å². The molecule has 1 aliphatic carbocycles. The number of carboxylic acid groups (broad SMARTS) is 1. The zero-order chi connectivity index (χ0) is 28.6. The van der Waals surface area contributed by atoms with Gasteiger partial charge in [-0.1, -0.05) is 38.0 Å². The zero-order valence-electron chi connectivity index (χ0n) is 21.3. The average molecular weight is 548 g/mol. The molecule has 1 amide bonds. The van der Waals surface area contributed by atoms with E-state index >= 15 is 0 Å². The van der Waals surface area contributed by atoms with Crippen LogP contribution in [-0.4, -0.2) is 46.1 Å². The molecule has 210 valence electrons. The largest absolute Gasteiger partial charge is 0.573 e. The van der Waals surface area contributed by atoms with Crippen LogP contribution >= 0.6 is 0 Å². The molecule has 0 aliphatic heterocycles. The van der Waals surface area contributed by atoms with Gasteiger partial charge in [0.05, 0.1) is 18.8 Å². The van der Waals surface area contributed by atoms with Crippen molar-refractivity contribution >= 4 is 17.6 Å². The van der Waals surface area contributed by atoms with Gasteiger partial charge in [-0.25, -0.2) is 10.6 Å². The van der Waals surface area contributed by atoms with Gasteiger partial charge in [0, 0.05) is 5.56 Å². The lowest BCUT2D eigenvalue weighted by Gasteiger charge is -2.26. The van der Waals surface area contributed by atoms with E-state index in [1.54, 1.807) is 24.3 Å². The number of hydrazine groups is 1. The van der Waals surface area contributed by atoms with E-state index in [1.165, 1.54) is 35.7 Å². The number of hydrogen-bond acceptors (Lipinski definition) is 6. The maximum atomic E-state index is 12.6. The number of halogens is 3. The number of rotatable bonds is 11. The highest BCUT2D eigenvalue weighted by Crippen LogP contribution is 2.32. The Kier molecular flexibility index (Phi) is 10.1. The molecule has 39 heavy (non-hydrogen) atoms. The van der Waals surface area contributed by atoms with E-state index in [2.05, 4.69) is 16.6 Å². The van der Waals surface area contributed by atoms with Crippen LogP contribution in [-0.2, 0) is 11.3 Å². The molecule has 0 heterocycles. The highest BCUT2D eigenvalue weighted by molar-refractivity contribution is 5.94. The summed E-state index contributed by atoms with van der Waals surface area (Å²) >= 11 is 0. The van der Waals surface area contributed by atoms with Gasteiger partial charge in [-0.05, 0) is 77.9 Å². The molecule has 2 aromatic rings. The van der Waals surface area contributed by atoms with Gasteiger partial charge in [-0.3, -0.25) is 4.79 Å². The minimum Gasteiger partial charge on any atom is -0.479 e. The monoisotopic (exact) mass is 547 g/mol. The fourth-order valence-corrected chi connectivity index (χ4v) is 4.35. The number of nitrogens with one attached hydrogen (secondary N) is 1. The van der Waals surface area contributed by atoms with Gasteiger partial charge in [0.25, 0.3) is 5.91 Å². The second-order valence-electron chi connectivity index (χ2n) is 9.40. The maximum Gasteiger partial charge on any atom is 0.573 e. The van der Waals surface area contributed by atoms with Crippen molar-refractivity contribution in [2.24, 2.45) is 11.8 Å². The molecule has 11 heteroatoms.